The molecule has 0 aliphatic rings. The topological polar surface area (TPSA) is 64.6 Å². The van der Waals surface area contributed by atoms with Crippen molar-refractivity contribution in [3.8, 4) is 0 Å². The summed E-state index contributed by atoms with van der Waals surface area (Å²) >= 11 is 0. The molecule has 5 heteroatoms. The molecule has 4 aromatic rings. The Morgan fingerprint density at radius 1 is 0.561 bits per heavy atom. The number of carbonyl (C=O) groups is 2. The number of benzene rings is 4. The maximum absolute atomic E-state index is 13.7. The van der Waals surface area contributed by atoms with Crippen LogP contribution in [0.5, 0.6) is 0 Å². The summed E-state index contributed by atoms with van der Waals surface area (Å²) in [7, 11) is 0. The summed E-state index contributed by atoms with van der Waals surface area (Å²) in [6, 6.07) is 39.1. The number of carbonyl (C=O) groups excluding carboxylic acids is 2. The molecule has 2 atom stereocenters. The minimum atomic E-state index is -1.000. The fourth-order valence-corrected chi connectivity index (χ4v) is 7.55. The van der Waals surface area contributed by atoms with Crippen molar-refractivity contribution in [2.75, 3.05) is 6.61 Å². The highest BCUT2D eigenvalue weighted by atomic mass is 16.5. The van der Waals surface area contributed by atoms with E-state index in [4.69, 9.17) is 9.47 Å². The number of rotatable bonds is 29. The minimum Gasteiger partial charge on any atom is -0.452 e. The highest BCUT2D eigenvalue weighted by molar-refractivity contribution is 5.89. The number of allylic oxidation sites excluding steroid dienone is 1. The summed E-state index contributed by atoms with van der Waals surface area (Å²) in [5.41, 5.74) is 2.37. The number of nitrogens with one attached hydrogen (secondary N) is 1. The van der Waals surface area contributed by atoms with Crippen LogP contribution in [0.3, 0.4) is 0 Å². The third-order valence-electron chi connectivity index (χ3n) is 10.8. The van der Waals surface area contributed by atoms with E-state index in [1.165, 1.54) is 70.6 Å². The second-order valence-electron chi connectivity index (χ2n) is 15.4. The highest BCUT2D eigenvalue weighted by Gasteiger charge is 2.39. The molecule has 1 N–H and O–H groups in total. The lowest BCUT2D eigenvalue weighted by Gasteiger charge is -2.38. The van der Waals surface area contributed by atoms with Gasteiger partial charge in [-0.3, -0.25) is 4.79 Å². The van der Waals surface area contributed by atoms with E-state index in [-0.39, 0.29) is 12.5 Å². The molecule has 1 amide bonds. The molecule has 0 spiro atoms. The van der Waals surface area contributed by atoms with Crippen LogP contribution in [-0.4, -0.2) is 30.6 Å². The Morgan fingerprint density at radius 2 is 0.982 bits per heavy atom. The third kappa shape index (κ3) is 15.8. The highest BCUT2D eigenvalue weighted by Crippen LogP contribution is 2.40. The molecule has 0 heterocycles. The molecule has 57 heavy (non-hydrogen) atoms. The van der Waals surface area contributed by atoms with Gasteiger partial charge < -0.3 is 14.8 Å². The van der Waals surface area contributed by atoms with Crippen LogP contribution >= 0.6 is 0 Å². The van der Waals surface area contributed by atoms with Gasteiger partial charge in [0.1, 0.15) is 11.7 Å². The van der Waals surface area contributed by atoms with E-state index in [2.05, 4.69) is 61.6 Å². The molecular weight excluding hydrogens is 703 g/mol. The van der Waals surface area contributed by atoms with Crippen molar-refractivity contribution in [3.63, 3.8) is 0 Å². The molecule has 4 rings (SSSR count). The molecule has 0 aliphatic heterocycles. The average Bonchev–Trinajstić information content (AvgIpc) is 3.26. The normalized spacial score (nSPS) is 12.7. The van der Waals surface area contributed by atoms with Crippen LogP contribution in [0.1, 0.15) is 156 Å². The second-order valence-corrected chi connectivity index (χ2v) is 15.4. The van der Waals surface area contributed by atoms with Gasteiger partial charge in [-0.25, -0.2) is 4.79 Å². The molecule has 0 saturated carbocycles. The van der Waals surface area contributed by atoms with Crippen LogP contribution in [0.25, 0.3) is 0 Å². The van der Waals surface area contributed by atoms with Crippen molar-refractivity contribution in [2.24, 2.45) is 0 Å². The first kappa shape index (κ1) is 45.2. The Bertz CT molecular complexity index is 1560. The summed E-state index contributed by atoms with van der Waals surface area (Å²) in [6.07, 6.45) is 24.0. The average molecular weight is 772 g/mol. The fraction of sp³-hybridized carbons (Fsp3) is 0.462. The van der Waals surface area contributed by atoms with E-state index in [0.717, 1.165) is 55.2 Å². The Kier molecular flexibility index (Phi) is 21.6. The van der Waals surface area contributed by atoms with Gasteiger partial charge in [0.2, 0.25) is 5.91 Å². The zero-order valence-electron chi connectivity index (χ0n) is 34.9. The Morgan fingerprint density at radius 3 is 1.46 bits per heavy atom. The largest absolute Gasteiger partial charge is 0.452 e. The van der Waals surface area contributed by atoms with Crippen LogP contribution in [-0.2, 0) is 19.9 Å². The van der Waals surface area contributed by atoms with Gasteiger partial charge in [-0.2, -0.15) is 0 Å². The molecule has 0 aromatic heterocycles. The van der Waals surface area contributed by atoms with Crippen molar-refractivity contribution < 1.29 is 19.1 Å². The zero-order valence-corrected chi connectivity index (χ0v) is 34.9. The lowest BCUT2D eigenvalue weighted by molar-refractivity contribution is -0.124. The lowest BCUT2D eigenvalue weighted by Crippen LogP contribution is -2.49. The molecular formula is C52H69NO4. The molecule has 5 nitrogen and oxygen atoms in total. The van der Waals surface area contributed by atoms with E-state index in [9.17, 15) is 9.59 Å². The minimum absolute atomic E-state index is 0.0654. The van der Waals surface area contributed by atoms with Gasteiger partial charge in [0.15, 0.2) is 0 Å². The predicted octanol–water partition coefficient (Wildman–Crippen LogP) is 13.3. The summed E-state index contributed by atoms with van der Waals surface area (Å²) in [5, 5.41) is 3.30. The number of unbranched alkanes of at least 4 members (excludes halogenated alkanes) is 15. The van der Waals surface area contributed by atoms with Gasteiger partial charge in [0.05, 0.1) is 18.2 Å². The molecule has 0 saturated heterocycles. The van der Waals surface area contributed by atoms with E-state index in [0.29, 0.717) is 12.0 Å². The first-order chi connectivity index (χ1) is 28.1. The van der Waals surface area contributed by atoms with Crippen molar-refractivity contribution in [2.45, 2.75) is 147 Å². The second kappa shape index (κ2) is 27.2. The SMILES string of the molecule is CCCCCCCCCCCCC/C=C/[C@@H](OC(=O)c1ccccc1)[C@H](COC(c1ccccc1)(c1ccccc1)c1ccccc1)NC(=O)CCCCCCC. The van der Waals surface area contributed by atoms with Gasteiger partial charge in [0, 0.05) is 6.42 Å². The predicted molar refractivity (Wildman–Crippen MR) is 236 cm³/mol. The van der Waals surface area contributed by atoms with Crippen LogP contribution in [0.15, 0.2) is 133 Å². The van der Waals surface area contributed by atoms with Crippen LogP contribution in [0, 0.1) is 0 Å². The maximum atomic E-state index is 13.7. The van der Waals surface area contributed by atoms with Crippen LogP contribution in [0.2, 0.25) is 0 Å². The van der Waals surface area contributed by atoms with Crippen molar-refractivity contribution >= 4 is 11.9 Å². The smallest absolute Gasteiger partial charge is 0.338 e. The third-order valence-corrected chi connectivity index (χ3v) is 10.8. The number of esters is 1. The molecule has 306 valence electrons. The molecule has 4 aromatic carbocycles. The molecule has 0 aliphatic carbocycles. The Hall–Kier alpha value is -4.48. The zero-order chi connectivity index (χ0) is 40.2. The fourth-order valence-electron chi connectivity index (χ4n) is 7.55. The monoisotopic (exact) mass is 772 g/mol. The first-order valence-electron chi connectivity index (χ1n) is 22.1. The molecule has 0 fully saturated rings. The molecule has 0 unspecified atom stereocenters. The number of ether oxygens (including phenoxy) is 2. The Balaban J connectivity index is 1.59. The van der Waals surface area contributed by atoms with Crippen LogP contribution in [0.4, 0.5) is 0 Å². The summed E-state index contributed by atoms with van der Waals surface area (Å²) in [6.45, 7) is 4.55. The van der Waals surface area contributed by atoms with Crippen molar-refractivity contribution in [1.82, 2.24) is 5.32 Å². The lowest BCUT2D eigenvalue weighted by atomic mass is 9.80. The van der Waals surface area contributed by atoms with Crippen molar-refractivity contribution in [1.29, 1.82) is 0 Å². The first-order valence-corrected chi connectivity index (χ1v) is 22.1. The number of amides is 1. The van der Waals surface area contributed by atoms with Gasteiger partial charge in [0.25, 0.3) is 0 Å². The molecule has 0 radical (unpaired) electrons. The van der Waals surface area contributed by atoms with Gasteiger partial charge in [-0.15, -0.1) is 0 Å². The summed E-state index contributed by atoms with van der Waals surface area (Å²) in [5.74, 6) is -0.497. The van der Waals surface area contributed by atoms with Gasteiger partial charge >= 0.3 is 5.97 Å². The van der Waals surface area contributed by atoms with E-state index in [1.54, 1.807) is 12.1 Å². The van der Waals surface area contributed by atoms with E-state index in [1.807, 2.05) is 78.9 Å². The van der Waals surface area contributed by atoms with Gasteiger partial charge in [-0.1, -0.05) is 219 Å². The number of hydrogen-bond donors (Lipinski definition) is 1. The summed E-state index contributed by atoms with van der Waals surface area (Å²) < 4.78 is 13.6. The van der Waals surface area contributed by atoms with Crippen LogP contribution < -0.4 is 5.32 Å². The summed E-state index contributed by atoms with van der Waals surface area (Å²) in [4.78, 5) is 27.4. The maximum Gasteiger partial charge on any atom is 0.338 e. The van der Waals surface area contributed by atoms with E-state index >= 15 is 0 Å². The number of hydrogen-bond acceptors (Lipinski definition) is 4. The van der Waals surface area contributed by atoms with Crippen molar-refractivity contribution in [3.05, 3.63) is 156 Å². The van der Waals surface area contributed by atoms with E-state index < -0.39 is 23.7 Å². The quantitative estimate of drug-likeness (QED) is 0.0258. The Labute approximate surface area is 344 Å². The van der Waals surface area contributed by atoms with Gasteiger partial charge in [-0.05, 0) is 54.2 Å². The molecule has 0 bridgehead atoms. The standard InChI is InChI=1S/C52H69NO4/c1-3-5-7-9-10-11-12-13-14-15-16-18-31-41-49(57-51(55)44-33-23-19-24-34-44)48(53-50(54)42-32-17-8-6-4-2)43-56-52(45-35-25-20-26-36-45,46-37-27-21-28-38-46)47-39-29-22-30-40-47/h19-31,33-41,48-49H,3-18,32,42-43H2,1-2H3,(H,53,54)/b41-31+/t48-,49+/m0/s1.